The summed E-state index contributed by atoms with van der Waals surface area (Å²) in [7, 11) is 0. The van der Waals surface area contributed by atoms with Gasteiger partial charge in [-0.25, -0.2) is 0 Å². The van der Waals surface area contributed by atoms with Crippen molar-refractivity contribution in [2.75, 3.05) is 6.61 Å². The van der Waals surface area contributed by atoms with Crippen LogP contribution in [0.1, 0.15) is 20.3 Å². The molecule has 0 aliphatic carbocycles. The van der Waals surface area contributed by atoms with E-state index in [4.69, 9.17) is 4.74 Å². The fraction of sp³-hybridized carbons (Fsp3) is 1.00. The van der Waals surface area contributed by atoms with Crippen molar-refractivity contribution >= 4 is 0 Å². The third kappa shape index (κ3) is 1.25. The molecular formula is C7H14O2. The quantitative estimate of drug-likeness (QED) is 0.568. The standard InChI is InChI=1S/C7H14O2/c1-3-7-5(2)6(8)4-9-7/h5-8H,3-4H2,1-2H3/t5-,6-,7+/m1/s1. The number of hydrogen-bond donors (Lipinski definition) is 1. The summed E-state index contributed by atoms with van der Waals surface area (Å²) in [5.74, 6) is 0.329. The van der Waals surface area contributed by atoms with Crippen molar-refractivity contribution in [3.63, 3.8) is 0 Å². The van der Waals surface area contributed by atoms with Crippen LogP contribution in [-0.2, 0) is 4.74 Å². The highest BCUT2D eigenvalue weighted by molar-refractivity contribution is 4.78. The first-order valence-electron chi connectivity index (χ1n) is 3.55. The first-order chi connectivity index (χ1) is 4.25. The fourth-order valence-corrected chi connectivity index (χ4v) is 1.26. The normalized spacial score (nSPS) is 43.7. The first-order valence-corrected chi connectivity index (χ1v) is 3.55. The molecule has 0 unspecified atom stereocenters. The molecule has 1 saturated heterocycles. The Labute approximate surface area is 55.8 Å². The molecule has 0 amide bonds. The van der Waals surface area contributed by atoms with E-state index in [1.807, 2.05) is 6.92 Å². The molecule has 1 fully saturated rings. The summed E-state index contributed by atoms with van der Waals surface area (Å²) in [4.78, 5) is 0. The Morgan fingerprint density at radius 2 is 2.33 bits per heavy atom. The highest BCUT2D eigenvalue weighted by Gasteiger charge is 2.30. The Kier molecular flexibility index (Phi) is 2.09. The van der Waals surface area contributed by atoms with Gasteiger partial charge in [-0.2, -0.15) is 0 Å². The van der Waals surface area contributed by atoms with Gasteiger partial charge in [0.2, 0.25) is 0 Å². The molecule has 0 radical (unpaired) electrons. The van der Waals surface area contributed by atoms with Crippen molar-refractivity contribution in [2.45, 2.75) is 32.5 Å². The Morgan fingerprint density at radius 1 is 1.67 bits per heavy atom. The number of ether oxygens (including phenoxy) is 1. The van der Waals surface area contributed by atoms with Crippen molar-refractivity contribution in [3.05, 3.63) is 0 Å². The average Bonchev–Trinajstić information content (AvgIpc) is 2.15. The monoisotopic (exact) mass is 130 g/mol. The van der Waals surface area contributed by atoms with Gasteiger partial charge in [-0.05, 0) is 6.42 Å². The molecule has 0 spiro atoms. The van der Waals surface area contributed by atoms with E-state index in [1.165, 1.54) is 0 Å². The Bertz CT molecular complexity index is 92.9. The van der Waals surface area contributed by atoms with Gasteiger partial charge in [-0.3, -0.25) is 0 Å². The van der Waals surface area contributed by atoms with Gasteiger partial charge in [0.05, 0.1) is 18.8 Å². The maximum absolute atomic E-state index is 9.17. The number of rotatable bonds is 1. The molecule has 1 heterocycles. The van der Waals surface area contributed by atoms with Crippen LogP contribution in [0.2, 0.25) is 0 Å². The molecule has 0 aromatic carbocycles. The highest BCUT2D eigenvalue weighted by Crippen LogP contribution is 2.22. The van der Waals surface area contributed by atoms with Gasteiger partial charge in [0.1, 0.15) is 0 Å². The first kappa shape index (κ1) is 7.03. The zero-order valence-electron chi connectivity index (χ0n) is 6.00. The molecule has 2 heteroatoms. The van der Waals surface area contributed by atoms with Crippen LogP contribution in [0.3, 0.4) is 0 Å². The predicted octanol–water partition coefficient (Wildman–Crippen LogP) is 0.792. The summed E-state index contributed by atoms with van der Waals surface area (Å²) >= 11 is 0. The molecule has 1 aliphatic rings. The molecule has 2 nitrogen and oxygen atoms in total. The zero-order chi connectivity index (χ0) is 6.85. The Balaban J connectivity index is 2.41. The lowest BCUT2D eigenvalue weighted by molar-refractivity contribution is 0.0843. The van der Waals surface area contributed by atoms with E-state index in [0.29, 0.717) is 18.6 Å². The van der Waals surface area contributed by atoms with E-state index < -0.39 is 0 Å². The van der Waals surface area contributed by atoms with E-state index in [2.05, 4.69) is 6.92 Å². The molecule has 0 bridgehead atoms. The fourth-order valence-electron chi connectivity index (χ4n) is 1.26. The molecule has 0 aromatic rings. The Morgan fingerprint density at radius 3 is 2.56 bits per heavy atom. The van der Waals surface area contributed by atoms with E-state index in [9.17, 15) is 5.11 Å². The van der Waals surface area contributed by atoms with Crippen molar-refractivity contribution in [1.29, 1.82) is 0 Å². The summed E-state index contributed by atoms with van der Waals surface area (Å²) in [6.45, 7) is 4.64. The number of hydrogen-bond acceptors (Lipinski definition) is 2. The molecule has 54 valence electrons. The second-order valence-electron chi connectivity index (χ2n) is 2.71. The van der Waals surface area contributed by atoms with Crippen LogP contribution < -0.4 is 0 Å². The predicted molar refractivity (Wildman–Crippen MR) is 35.2 cm³/mol. The summed E-state index contributed by atoms with van der Waals surface area (Å²) in [5.41, 5.74) is 0. The third-order valence-electron chi connectivity index (χ3n) is 2.08. The SMILES string of the molecule is CC[C@@H]1OC[C@@H](O)[C@H]1C. The van der Waals surface area contributed by atoms with Gasteiger partial charge in [-0.1, -0.05) is 13.8 Å². The van der Waals surface area contributed by atoms with Crippen molar-refractivity contribution < 1.29 is 9.84 Å². The van der Waals surface area contributed by atoms with Crippen LogP contribution in [0.4, 0.5) is 0 Å². The second kappa shape index (κ2) is 2.67. The van der Waals surface area contributed by atoms with Gasteiger partial charge in [0.25, 0.3) is 0 Å². The average molecular weight is 130 g/mol. The smallest absolute Gasteiger partial charge is 0.0823 e. The van der Waals surface area contributed by atoms with Crippen LogP contribution in [0, 0.1) is 5.92 Å². The molecule has 1 aliphatic heterocycles. The lowest BCUT2D eigenvalue weighted by atomic mass is 10.0. The zero-order valence-corrected chi connectivity index (χ0v) is 6.00. The number of aliphatic hydroxyl groups excluding tert-OH is 1. The summed E-state index contributed by atoms with van der Waals surface area (Å²) in [6.07, 6.45) is 1.08. The van der Waals surface area contributed by atoms with Crippen LogP contribution in [0.15, 0.2) is 0 Å². The summed E-state index contributed by atoms with van der Waals surface area (Å²) in [6, 6.07) is 0. The van der Waals surface area contributed by atoms with Crippen molar-refractivity contribution in [1.82, 2.24) is 0 Å². The minimum Gasteiger partial charge on any atom is -0.390 e. The van der Waals surface area contributed by atoms with Gasteiger partial charge >= 0.3 is 0 Å². The summed E-state index contributed by atoms with van der Waals surface area (Å²) < 4.78 is 5.28. The van der Waals surface area contributed by atoms with E-state index in [1.54, 1.807) is 0 Å². The molecular weight excluding hydrogens is 116 g/mol. The molecule has 3 atom stereocenters. The lowest BCUT2D eigenvalue weighted by Crippen LogP contribution is -2.19. The number of aliphatic hydroxyl groups is 1. The molecule has 1 rings (SSSR count). The molecule has 1 N–H and O–H groups in total. The van der Waals surface area contributed by atoms with Crippen molar-refractivity contribution in [3.8, 4) is 0 Å². The van der Waals surface area contributed by atoms with E-state index in [-0.39, 0.29) is 6.10 Å². The lowest BCUT2D eigenvalue weighted by Gasteiger charge is -2.11. The summed E-state index contributed by atoms with van der Waals surface area (Å²) in [5, 5.41) is 9.17. The molecule has 0 aromatic heterocycles. The minimum absolute atomic E-state index is 0.227. The minimum atomic E-state index is -0.227. The van der Waals surface area contributed by atoms with Gasteiger partial charge in [0, 0.05) is 5.92 Å². The van der Waals surface area contributed by atoms with Crippen LogP contribution in [-0.4, -0.2) is 23.9 Å². The maximum atomic E-state index is 9.17. The largest absolute Gasteiger partial charge is 0.390 e. The van der Waals surface area contributed by atoms with Gasteiger partial charge in [0.15, 0.2) is 0 Å². The van der Waals surface area contributed by atoms with E-state index in [0.717, 1.165) is 6.42 Å². The van der Waals surface area contributed by atoms with Gasteiger partial charge < -0.3 is 9.84 Å². The van der Waals surface area contributed by atoms with Crippen LogP contribution in [0.5, 0.6) is 0 Å². The Hall–Kier alpha value is -0.0800. The molecule has 0 saturated carbocycles. The third-order valence-corrected chi connectivity index (χ3v) is 2.08. The maximum Gasteiger partial charge on any atom is 0.0823 e. The van der Waals surface area contributed by atoms with Crippen molar-refractivity contribution in [2.24, 2.45) is 5.92 Å². The second-order valence-corrected chi connectivity index (χ2v) is 2.71. The molecule has 9 heavy (non-hydrogen) atoms. The van der Waals surface area contributed by atoms with Crippen LogP contribution in [0.25, 0.3) is 0 Å². The van der Waals surface area contributed by atoms with Crippen LogP contribution >= 0.6 is 0 Å². The topological polar surface area (TPSA) is 29.5 Å². The van der Waals surface area contributed by atoms with Gasteiger partial charge in [-0.15, -0.1) is 0 Å². The van der Waals surface area contributed by atoms with E-state index >= 15 is 0 Å². The highest BCUT2D eigenvalue weighted by atomic mass is 16.5.